The molecule has 0 aliphatic carbocycles. The molecule has 0 radical (unpaired) electrons. The van der Waals surface area contributed by atoms with Crippen molar-refractivity contribution in [2.45, 2.75) is 12.5 Å². The van der Waals surface area contributed by atoms with Crippen LogP contribution in [-0.4, -0.2) is 23.0 Å². The summed E-state index contributed by atoms with van der Waals surface area (Å²) in [5, 5.41) is 14.4. The molecule has 4 aromatic carbocycles. The van der Waals surface area contributed by atoms with Crippen molar-refractivity contribution in [2.75, 3.05) is 0 Å². The Morgan fingerprint density at radius 2 is 1.37 bits per heavy atom. The average Bonchev–Trinajstić information content (AvgIpc) is 2.79. The predicted molar refractivity (Wildman–Crippen MR) is 118 cm³/mol. The number of carboxylic acid groups (broad SMARTS) is 1. The van der Waals surface area contributed by atoms with Crippen LogP contribution in [0, 0.1) is 0 Å². The number of nitrogens with one attached hydrogen (secondary N) is 1. The number of rotatable bonds is 6. The quantitative estimate of drug-likeness (QED) is 0.486. The molecule has 1 atom stereocenters. The van der Waals surface area contributed by atoms with Crippen LogP contribution in [-0.2, 0) is 11.2 Å². The lowest BCUT2D eigenvalue weighted by Gasteiger charge is -2.16. The maximum absolute atomic E-state index is 12.7. The van der Waals surface area contributed by atoms with Crippen molar-refractivity contribution >= 4 is 22.6 Å². The number of benzene rings is 4. The van der Waals surface area contributed by atoms with Gasteiger partial charge in [0, 0.05) is 12.0 Å². The van der Waals surface area contributed by atoms with E-state index >= 15 is 0 Å². The van der Waals surface area contributed by atoms with Crippen LogP contribution in [0.5, 0.6) is 0 Å². The average molecular weight is 395 g/mol. The first-order valence-corrected chi connectivity index (χ1v) is 9.77. The number of carbonyl (C=O) groups excluding carboxylic acids is 1. The summed E-state index contributed by atoms with van der Waals surface area (Å²) in [5.41, 5.74) is 3.38. The van der Waals surface area contributed by atoms with Crippen molar-refractivity contribution in [3.05, 3.63) is 108 Å². The highest BCUT2D eigenvalue weighted by Gasteiger charge is 2.22. The molecule has 0 aliphatic rings. The largest absolute Gasteiger partial charge is 0.480 e. The van der Waals surface area contributed by atoms with Gasteiger partial charge < -0.3 is 10.4 Å². The van der Waals surface area contributed by atoms with Crippen LogP contribution in [0.15, 0.2) is 97.1 Å². The molecular formula is C26H21NO3. The zero-order valence-electron chi connectivity index (χ0n) is 16.3. The summed E-state index contributed by atoms with van der Waals surface area (Å²) in [5.74, 6) is -1.46. The first-order chi connectivity index (χ1) is 14.6. The highest BCUT2D eigenvalue weighted by Crippen LogP contribution is 2.21. The lowest BCUT2D eigenvalue weighted by atomic mass is 9.98. The summed E-state index contributed by atoms with van der Waals surface area (Å²) in [6, 6.07) is 29.6. The molecule has 30 heavy (non-hydrogen) atoms. The summed E-state index contributed by atoms with van der Waals surface area (Å²) in [7, 11) is 0. The second-order valence-electron chi connectivity index (χ2n) is 7.15. The molecule has 0 saturated carbocycles. The molecule has 148 valence electrons. The number of hydrogen-bond acceptors (Lipinski definition) is 2. The van der Waals surface area contributed by atoms with Gasteiger partial charge in [-0.2, -0.15) is 0 Å². The number of amides is 1. The topological polar surface area (TPSA) is 66.4 Å². The third-order valence-electron chi connectivity index (χ3n) is 5.16. The Morgan fingerprint density at radius 1 is 0.733 bits per heavy atom. The van der Waals surface area contributed by atoms with E-state index in [-0.39, 0.29) is 6.42 Å². The third-order valence-corrected chi connectivity index (χ3v) is 5.16. The Morgan fingerprint density at radius 3 is 2.10 bits per heavy atom. The molecule has 0 spiro atoms. The van der Waals surface area contributed by atoms with Gasteiger partial charge in [0.05, 0.1) is 0 Å². The van der Waals surface area contributed by atoms with E-state index in [1.807, 2.05) is 84.9 Å². The highest BCUT2D eigenvalue weighted by molar-refractivity contribution is 5.97. The Hall–Kier alpha value is -3.92. The van der Waals surface area contributed by atoms with E-state index in [2.05, 4.69) is 5.32 Å². The summed E-state index contributed by atoms with van der Waals surface area (Å²) >= 11 is 0. The minimum absolute atomic E-state index is 0.213. The van der Waals surface area contributed by atoms with E-state index < -0.39 is 17.9 Å². The van der Waals surface area contributed by atoms with E-state index in [0.717, 1.165) is 27.5 Å². The SMILES string of the molecule is O=C(N[C@@H](Cc1cccc2ccccc12)C(=O)O)c1ccc(-c2ccccc2)cc1. The zero-order chi connectivity index (χ0) is 20.9. The predicted octanol–water partition coefficient (Wildman–Crippen LogP) is 4.93. The van der Waals surface area contributed by atoms with Gasteiger partial charge in [-0.15, -0.1) is 0 Å². The third kappa shape index (κ3) is 4.23. The smallest absolute Gasteiger partial charge is 0.326 e. The Bertz CT molecular complexity index is 1180. The van der Waals surface area contributed by atoms with Gasteiger partial charge in [-0.25, -0.2) is 4.79 Å². The van der Waals surface area contributed by atoms with Gasteiger partial charge in [-0.3, -0.25) is 4.79 Å². The first-order valence-electron chi connectivity index (χ1n) is 9.77. The van der Waals surface area contributed by atoms with Gasteiger partial charge in [0.15, 0.2) is 0 Å². The van der Waals surface area contributed by atoms with Gasteiger partial charge in [0.1, 0.15) is 6.04 Å². The number of aliphatic carboxylic acids is 1. The minimum atomic E-state index is -1.06. The molecule has 1 amide bonds. The Balaban J connectivity index is 1.52. The molecule has 0 aliphatic heterocycles. The van der Waals surface area contributed by atoms with Crippen molar-refractivity contribution < 1.29 is 14.7 Å². The molecule has 0 fully saturated rings. The molecular weight excluding hydrogens is 374 g/mol. The molecule has 4 heteroatoms. The van der Waals surface area contributed by atoms with Gasteiger partial charge >= 0.3 is 5.97 Å². The fourth-order valence-corrected chi connectivity index (χ4v) is 3.58. The van der Waals surface area contributed by atoms with Crippen molar-refractivity contribution in [3.8, 4) is 11.1 Å². The summed E-state index contributed by atoms with van der Waals surface area (Å²) < 4.78 is 0. The highest BCUT2D eigenvalue weighted by atomic mass is 16.4. The van der Waals surface area contributed by atoms with Crippen LogP contribution in [0.25, 0.3) is 21.9 Å². The van der Waals surface area contributed by atoms with Crippen LogP contribution in [0.3, 0.4) is 0 Å². The molecule has 0 heterocycles. The molecule has 0 unspecified atom stereocenters. The molecule has 0 aromatic heterocycles. The van der Waals surface area contributed by atoms with E-state index in [4.69, 9.17) is 0 Å². The Labute approximate surface area is 174 Å². The van der Waals surface area contributed by atoms with E-state index in [0.29, 0.717) is 5.56 Å². The second kappa shape index (κ2) is 8.62. The lowest BCUT2D eigenvalue weighted by molar-refractivity contribution is -0.139. The maximum atomic E-state index is 12.7. The fourth-order valence-electron chi connectivity index (χ4n) is 3.58. The molecule has 2 N–H and O–H groups in total. The van der Waals surface area contributed by atoms with E-state index in [1.54, 1.807) is 12.1 Å². The number of hydrogen-bond donors (Lipinski definition) is 2. The number of fused-ring (bicyclic) bond motifs is 1. The van der Waals surface area contributed by atoms with Crippen LogP contribution in [0.2, 0.25) is 0 Å². The van der Waals surface area contributed by atoms with Gasteiger partial charge in [-0.1, -0.05) is 84.9 Å². The number of carbonyl (C=O) groups is 2. The summed E-state index contributed by atoms with van der Waals surface area (Å²) in [6.45, 7) is 0. The van der Waals surface area contributed by atoms with Crippen molar-refractivity contribution in [1.29, 1.82) is 0 Å². The molecule has 4 nitrogen and oxygen atoms in total. The monoisotopic (exact) mass is 395 g/mol. The number of carboxylic acids is 1. The standard InChI is InChI=1S/C26H21NO3/c28-25(21-15-13-19(14-16-21)18-7-2-1-3-8-18)27-24(26(29)30)17-22-11-6-10-20-9-4-5-12-23(20)22/h1-16,24H,17H2,(H,27,28)(H,29,30)/t24-/m0/s1. The van der Waals surface area contributed by atoms with Gasteiger partial charge in [-0.05, 0) is 39.6 Å². The van der Waals surface area contributed by atoms with Crippen LogP contribution < -0.4 is 5.32 Å². The normalized spacial score (nSPS) is 11.7. The summed E-state index contributed by atoms with van der Waals surface area (Å²) in [4.78, 5) is 24.5. The van der Waals surface area contributed by atoms with E-state index in [9.17, 15) is 14.7 Å². The van der Waals surface area contributed by atoms with Crippen LogP contribution in [0.1, 0.15) is 15.9 Å². The molecule has 4 aromatic rings. The van der Waals surface area contributed by atoms with Crippen molar-refractivity contribution in [3.63, 3.8) is 0 Å². The van der Waals surface area contributed by atoms with Crippen LogP contribution >= 0.6 is 0 Å². The summed E-state index contributed by atoms with van der Waals surface area (Å²) in [6.07, 6.45) is 0.213. The zero-order valence-corrected chi connectivity index (χ0v) is 16.3. The van der Waals surface area contributed by atoms with Crippen LogP contribution in [0.4, 0.5) is 0 Å². The maximum Gasteiger partial charge on any atom is 0.326 e. The minimum Gasteiger partial charge on any atom is -0.480 e. The van der Waals surface area contributed by atoms with Crippen molar-refractivity contribution in [2.24, 2.45) is 0 Å². The van der Waals surface area contributed by atoms with Gasteiger partial charge in [0.25, 0.3) is 5.91 Å². The second-order valence-corrected chi connectivity index (χ2v) is 7.15. The van der Waals surface area contributed by atoms with Crippen molar-refractivity contribution in [1.82, 2.24) is 5.32 Å². The van der Waals surface area contributed by atoms with E-state index in [1.165, 1.54) is 0 Å². The fraction of sp³-hybridized carbons (Fsp3) is 0.0769. The molecule has 0 saturated heterocycles. The van der Waals surface area contributed by atoms with Gasteiger partial charge in [0.2, 0.25) is 0 Å². The lowest BCUT2D eigenvalue weighted by Crippen LogP contribution is -2.42. The molecule has 4 rings (SSSR count). The Kier molecular flexibility index (Phi) is 5.57. The first kappa shape index (κ1) is 19.4. The molecule has 0 bridgehead atoms.